The first-order valence-electron chi connectivity index (χ1n) is 11.3. The molecular weight excluding hydrogens is 455 g/mol. The number of carbonyl (C=O) groups excluding carboxylic acids is 1. The van der Waals surface area contributed by atoms with Crippen molar-refractivity contribution in [1.29, 1.82) is 0 Å². The summed E-state index contributed by atoms with van der Waals surface area (Å²) in [6.07, 6.45) is 0.668. The lowest BCUT2D eigenvalue weighted by atomic mass is 10.1. The summed E-state index contributed by atoms with van der Waals surface area (Å²) in [4.78, 5) is 26.6. The van der Waals surface area contributed by atoms with Crippen molar-refractivity contribution >= 4 is 34.4 Å². The molecule has 2 aromatic carbocycles. The lowest BCUT2D eigenvalue weighted by Crippen LogP contribution is -2.49. The number of nitrogens with zero attached hydrogens (tertiary/aromatic N) is 6. The molecule has 1 aliphatic rings. The van der Waals surface area contributed by atoms with Crippen LogP contribution >= 0.6 is 11.6 Å². The number of halogens is 2. The molecule has 9 heteroatoms. The zero-order valence-electron chi connectivity index (χ0n) is 19.0. The van der Waals surface area contributed by atoms with E-state index in [2.05, 4.69) is 4.90 Å². The lowest BCUT2D eigenvalue weighted by molar-refractivity contribution is 0.0746. The third kappa shape index (κ3) is 3.98. The molecule has 0 radical (unpaired) electrons. The molecule has 0 spiro atoms. The Labute approximate surface area is 201 Å². The van der Waals surface area contributed by atoms with E-state index < -0.39 is 0 Å². The van der Waals surface area contributed by atoms with Crippen LogP contribution in [0.5, 0.6) is 0 Å². The lowest BCUT2D eigenvalue weighted by Gasteiger charge is -2.36. The zero-order chi connectivity index (χ0) is 23.8. The zero-order valence-corrected chi connectivity index (χ0v) is 19.8. The van der Waals surface area contributed by atoms with Crippen LogP contribution in [-0.4, -0.2) is 56.7 Å². The Hall–Kier alpha value is -3.52. The van der Waals surface area contributed by atoms with Gasteiger partial charge in [-0.25, -0.2) is 19.0 Å². The molecule has 1 fully saturated rings. The van der Waals surface area contributed by atoms with Crippen LogP contribution < -0.4 is 4.90 Å². The van der Waals surface area contributed by atoms with Crippen molar-refractivity contribution in [3.05, 3.63) is 76.5 Å². The number of hydrogen-bond donors (Lipinski definition) is 0. The van der Waals surface area contributed by atoms with Gasteiger partial charge in [0.2, 0.25) is 0 Å². The first-order valence-corrected chi connectivity index (χ1v) is 11.6. The van der Waals surface area contributed by atoms with Crippen LogP contribution in [0.25, 0.3) is 16.7 Å². The highest BCUT2D eigenvalue weighted by atomic mass is 35.5. The SMILES string of the molecule is CCc1nc(N2CCN(C(=O)c3ccccc3Cl)CC2)c2c(C)nn(-c3ccc(F)cc3)c2n1. The van der Waals surface area contributed by atoms with E-state index >= 15 is 0 Å². The van der Waals surface area contributed by atoms with Gasteiger partial charge in [0.05, 0.1) is 27.4 Å². The molecule has 5 rings (SSSR count). The maximum Gasteiger partial charge on any atom is 0.255 e. The highest BCUT2D eigenvalue weighted by Gasteiger charge is 2.27. The molecular formula is C25H24ClFN6O. The predicted octanol–water partition coefficient (Wildman–Crippen LogP) is 4.44. The number of benzene rings is 2. The number of amides is 1. The molecule has 0 aliphatic carbocycles. The molecule has 0 unspecified atom stereocenters. The summed E-state index contributed by atoms with van der Waals surface area (Å²) >= 11 is 6.24. The summed E-state index contributed by atoms with van der Waals surface area (Å²) in [5, 5.41) is 6.03. The minimum absolute atomic E-state index is 0.0624. The summed E-state index contributed by atoms with van der Waals surface area (Å²) in [7, 11) is 0. The van der Waals surface area contributed by atoms with Gasteiger partial charge in [-0.1, -0.05) is 30.7 Å². The molecule has 3 heterocycles. The number of piperazine rings is 1. The second-order valence-corrected chi connectivity index (χ2v) is 8.66. The Bertz CT molecular complexity index is 1360. The highest BCUT2D eigenvalue weighted by molar-refractivity contribution is 6.33. The van der Waals surface area contributed by atoms with Gasteiger partial charge in [-0.2, -0.15) is 5.10 Å². The summed E-state index contributed by atoms with van der Waals surface area (Å²) in [6.45, 7) is 6.32. The predicted molar refractivity (Wildman–Crippen MR) is 130 cm³/mol. The van der Waals surface area contributed by atoms with Crippen LogP contribution in [0, 0.1) is 12.7 Å². The number of aromatic nitrogens is 4. The van der Waals surface area contributed by atoms with Gasteiger partial charge in [-0.05, 0) is 43.3 Å². The maximum atomic E-state index is 13.5. The molecule has 7 nitrogen and oxygen atoms in total. The minimum atomic E-state index is -0.300. The number of carbonyl (C=O) groups is 1. The Kier molecular flexibility index (Phi) is 5.91. The van der Waals surface area contributed by atoms with Crippen LogP contribution in [-0.2, 0) is 6.42 Å². The quantitative estimate of drug-likeness (QED) is 0.434. The molecule has 0 saturated carbocycles. The molecule has 1 saturated heterocycles. The van der Waals surface area contributed by atoms with Crippen molar-refractivity contribution in [3.8, 4) is 5.69 Å². The normalized spacial score (nSPS) is 14.1. The number of fused-ring (bicyclic) bond motifs is 1. The highest BCUT2D eigenvalue weighted by Crippen LogP contribution is 2.30. The molecule has 4 aromatic rings. The maximum absolute atomic E-state index is 13.5. The van der Waals surface area contributed by atoms with E-state index in [4.69, 9.17) is 26.7 Å². The van der Waals surface area contributed by atoms with Crippen LogP contribution in [0.3, 0.4) is 0 Å². The molecule has 2 aromatic heterocycles. The molecule has 0 bridgehead atoms. The monoisotopic (exact) mass is 478 g/mol. The average Bonchev–Trinajstić information content (AvgIpc) is 3.20. The smallest absolute Gasteiger partial charge is 0.255 e. The molecule has 1 aliphatic heterocycles. The van der Waals surface area contributed by atoms with Gasteiger partial charge in [0, 0.05) is 32.6 Å². The first-order chi connectivity index (χ1) is 16.5. The van der Waals surface area contributed by atoms with Crippen LogP contribution in [0.1, 0.15) is 28.8 Å². The van der Waals surface area contributed by atoms with Gasteiger partial charge in [0.25, 0.3) is 5.91 Å². The van der Waals surface area contributed by atoms with Crippen molar-refractivity contribution in [3.63, 3.8) is 0 Å². The molecule has 174 valence electrons. The molecule has 0 N–H and O–H groups in total. The van der Waals surface area contributed by atoms with E-state index in [1.807, 2.05) is 30.9 Å². The molecule has 34 heavy (non-hydrogen) atoms. The number of anilines is 1. The van der Waals surface area contributed by atoms with Crippen molar-refractivity contribution < 1.29 is 9.18 Å². The van der Waals surface area contributed by atoms with Crippen LogP contribution in [0.2, 0.25) is 5.02 Å². The standard InChI is InChI=1S/C25H24ClFN6O/c1-3-21-28-23(22-16(2)30-33(24(22)29-21)18-10-8-17(27)9-11-18)31-12-14-32(15-13-31)25(34)19-6-4-5-7-20(19)26/h4-11H,3,12-15H2,1-2H3. The average molecular weight is 479 g/mol. The second kappa shape index (κ2) is 9.02. The largest absolute Gasteiger partial charge is 0.352 e. The van der Waals surface area contributed by atoms with Crippen LogP contribution in [0.4, 0.5) is 10.2 Å². The first kappa shape index (κ1) is 22.3. The van der Waals surface area contributed by atoms with E-state index in [0.717, 1.165) is 22.6 Å². The Balaban J connectivity index is 1.47. The fourth-order valence-electron chi connectivity index (χ4n) is 4.28. The number of rotatable bonds is 4. The topological polar surface area (TPSA) is 67.2 Å². The van der Waals surface area contributed by atoms with Crippen molar-refractivity contribution in [2.45, 2.75) is 20.3 Å². The van der Waals surface area contributed by atoms with Gasteiger partial charge in [-0.3, -0.25) is 4.79 Å². The van der Waals surface area contributed by atoms with Gasteiger partial charge in [0.15, 0.2) is 5.65 Å². The molecule has 0 atom stereocenters. The molecule has 1 amide bonds. The summed E-state index contributed by atoms with van der Waals surface area (Å²) in [5.74, 6) is 1.16. The number of hydrogen-bond acceptors (Lipinski definition) is 5. The van der Waals surface area contributed by atoms with E-state index in [0.29, 0.717) is 54.7 Å². The van der Waals surface area contributed by atoms with Gasteiger partial charge < -0.3 is 9.80 Å². The van der Waals surface area contributed by atoms with Gasteiger partial charge >= 0.3 is 0 Å². The third-order valence-corrected chi connectivity index (χ3v) is 6.42. The van der Waals surface area contributed by atoms with Gasteiger partial charge in [0.1, 0.15) is 17.5 Å². The Morgan fingerprint density at radius 1 is 1.03 bits per heavy atom. The van der Waals surface area contributed by atoms with Crippen molar-refractivity contribution in [2.75, 3.05) is 31.1 Å². The van der Waals surface area contributed by atoms with Crippen LogP contribution in [0.15, 0.2) is 48.5 Å². The van der Waals surface area contributed by atoms with Crippen molar-refractivity contribution in [2.24, 2.45) is 0 Å². The van der Waals surface area contributed by atoms with Crippen molar-refractivity contribution in [1.82, 2.24) is 24.6 Å². The Morgan fingerprint density at radius 3 is 2.41 bits per heavy atom. The van der Waals surface area contributed by atoms with Gasteiger partial charge in [-0.15, -0.1) is 0 Å². The summed E-state index contributed by atoms with van der Waals surface area (Å²) in [6, 6.07) is 13.3. The summed E-state index contributed by atoms with van der Waals surface area (Å²) in [5.41, 5.74) is 2.75. The fourth-order valence-corrected chi connectivity index (χ4v) is 4.50. The van der Waals surface area contributed by atoms with E-state index in [9.17, 15) is 9.18 Å². The number of aryl methyl sites for hydroxylation is 2. The second-order valence-electron chi connectivity index (χ2n) is 8.25. The minimum Gasteiger partial charge on any atom is -0.352 e. The Morgan fingerprint density at radius 2 is 1.74 bits per heavy atom. The van der Waals surface area contributed by atoms with E-state index in [-0.39, 0.29) is 11.7 Å². The summed E-state index contributed by atoms with van der Waals surface area (Å²) < 4.78 is 15.2. The van der Waals surface area contributed by atoms with E-state index in [1.165, 1.54) is 12.1 Å². The third-order valence-electron chi connectivity index (χ3n) is 6.09. The van der Waals surface area contributed by atoms with E-state index in [1.54, 1.807) is 28.9 Å². The fraction of sp³-hybridized carbons (Fsp3) is 0.280.